The highest BCUT2D eigenvalue weighted by Gasteiger charge is 2.23. The van der Waals surface area contributed by atoms with Crippen molar-refractivity contribution in [2.24, 2.45) is 0 Å². The average Bonchev–Trinajstić information content (AvgIpc) is 2.76. The summed E-state index contributed by atoms with van der Waals surface area (Å²) in [5.41, 5.74) is 3.03. The Balaban J connectivity index is 1.37. The van der Waals surface area contributed by atoms with Crippen molar-refractivity contribution in [3.63, 3.8) is 0 Å². The number of fused-ring (bicyclic) bond motifs is 1. The van der Waals surface area contributed by atoms with E-state index in [0.29, 0.717) is 17.2 Å². The lowest BCUT2D eigenvalue weighted by atomic mass is 9.91. The SMILES string of the molecule is Cc1ccc(C(=O)N[C@H]2CC[C@@H](Nc3cc(N(C)C)c4ccccc4n3)CC2)cc1F. The Bertz CT molecular complexity index is 1090. The second-order valence-corrected chi connectivity index (χ2v) is 8.57. The molecule has 0 unspecified atom stereocenters. The minimum atomic E-state index is -0.347. The van der Waals surface area contributed by atoms with Gasteiger partial charge in [-0.1, -0.05) is 24.3 Å². The summed E-state index contributed by atoms with van der Waals surface area (Å²) in [6.45, 7) is 1.69. The van der Waals surface area contributed by atoms with Crippen molar-refractivity contribution >= 4 is 28.3 Å². The molecule has 31 heavy (non-hydrogen) atoms. The van der Waals surface area contributed by atoms with Gasteiger partial charge in [0.25, 0.3) is 5.91 Å². The fourth-order valence-electron chi connectivity index (χ4n) is 4.20. The molecule has 0 bridgehead atoms. The molecule has 5 nitrogen and oxygen atoms in total. The molecule has 1 aliphatic carbocycles. The number of nitrogens with zero attached hydrogens (tertiary/aromatic N) is 2. The van der Waals surface area contributed by atoms with Crippen LogP contribution in [-0.2, 0) is 0 Å². The lowest BCUT2D eigenvalue weighted by molar-refractivity contribution is 0.0926. The van der Waals surface area contributed by atoms with Crippen LogP contribution in [0.15, 0.2) is 48.5 Å². The number of benzene rings is 2. The molecule has 1 aliphatic rings. The van der Waals surface area contributed by atoms with Crippen LogP contribution in [0.4, 0.5) is 15.9 Å². The third-order valence-corrected chi connectivity index (χ3v) is 6.02. The van der Waals surface area contributed by atoms with E-state index in [-0.39, 0.29) is 17.8 Å². The van der Waals surface area contributed by atoms with Crippen molar-refractivity contribution in [1.82, 2.24) is 10.3 Å². The van der Waals surface area contributed by atoms with Crippen LogP contribution in [0, 0.1) is 12.7 Å². The molecule has 0 saturated heterocycles. The molecule has 1 saturated carbocycles. The normalized spacial score (nSPS) is 18.6. The number of pyridine rings is 1. The molecule has 0 radical (unpaired) electrons. The standard InChI is InChI=1S/C25H29FN4O/c1-16-8-9-17(14-21(16)26)25(31)28-19-12-10-18(11-13-19)27-24-15-23(30(2)3)20-6-4-5-7-22(20)29-24/h4-9,14-15,18-19H,10-13H2,1-3H3,(H,27,29)(H,28,31)/t18-,19+. The van der Waals surface area contributed by atoms with E-state index in [0.717, 1.165) is 48.1 Å². The van der Waals surface area contributed by atoms with Gasteiger partial charge in [-0.25, -0.2) is 9.37 Å². The molecule has 162 valence electrons. The highest BCUT2D eigenvalue weighted by atomic mass is 19.1. The molecule has 3 aromatic rings. The maximum Gasteiger partial charge on any atom is 0.251 e. The first-order valence-electron chi connectivity index (χ1n) is 10.8. The van der Waals surface area contributed by atoms with Crippen molar-refractivity contribution in [3.05, 3.63) is 65.5 Å². The third kappa shape index (κ3) is 4.79. The number of carbonyl (C=O) groups excluding carboxylic acids is 1. The number of rotatable bonds is 5. The van der Waals surface area contributed by atoms with Crippen molar-refractivity contribution in [1.29, 1.82) is 0 Å². The van der Waals surface area contributed by atoms with Gasteiger partial charge in [-0.15, -0.1) is 0 Å². The number of aromatic nitrogens is 1. The fourth-order valence-corrected chi connectivity index (χ4v) is 4.20. The maximum atomic E-state index is 13.8. The van der Waals surface area contributed by atoms with Gasteiger partial charge in [-0.05, 0) is 56.4 Å². The summed E-state index contributed by atoms with van der Waals surface area (Å²) in [7, 11) is 4.08. The lowest BCUT2D eigenvalue weighted by Crippen LogP contribution is -2.40. The molecule has 0 aliphatic heterocycles. The number of halogens is 1. The number of anilines is 2. The zero-order chi connectivity index (χ0) is 22.0. The molecule has 1 fully saturated rings. The summed E-state index contributed by atoms with van der Waals surface area (Å²) in [4.78, 5) is 19.4. The van der Waals surface area contributed by atoms with Crippen LogP contribution in [0.25, 0.3) is 10.9 Å². The Morgan fingerprint density at radius 2 is 1.74 bits per heavy atom. The fraction of sp³-hybridized carbons (Fsp3) is 0.360. The lowest BCUT2D eigenvalue weighted by Gasteiger charge is -2.30. The summed E-state index contributed by atoms with van der Waals surface area (Å²) in [5.74, 6) is 0.327. The van der Waals surface area contributed by atoms with Gasteiger partial charge >= 0.3 is 0 Å². The number of carbonyl (C=O) groups is 1. The predicted molar refractivity (Wildman–Crippen MR) is 124 cm³/mol. The molecule has 1 amide bonds. The molecular weight excluding hydrogens is 391 g/mol. The van der Waals surface area contributed by atoms with Crippen molar-refractivity contribution < 1.29 is 9.18 Å². The summed E-state index contributed by atoms with van der Waals surface area (Å²) >= 11 is 0. The summed E-state index contributed by atoms with van der Waals surface area (Å²) in [5, 5.41) is 7.78. The first kappa shape index (κ1) is 21.1. The second-order valence-electron chi connectivity index (χ2n) is 8.57. The first-order valence-corrected chi connectivity index (χ1v) is 10.8. The number of hydrogen-bond acceptors (Lipinski definition) is 4. The number of nitrogens with one attached hydrogen (secondary N) is 2. The predicted octanol–water partition coefficient (Wildman–Crippen LogP) is 4.90. The van der Waals surface area contributed by atoms with Gasteiger partial charge in [0.15, 0.2) is 0 Å². The smallest absolute Gasteiger partial charge is 0.251 e. The van der Waals surface area contributed by atoms with Crippen LogP contribution in [0.5, 0.6) is 0 Å². The van der Waals surface area contributed by atoms with Crippen LogP contribution in [0.1, 0.15) is 41.6 Å². The zero-order valence-electron chi connectivity index (χ0n) is 18.3. The summed E-state index contributed by atoms with van der Waals surface area (Å²) in [6.07, 6.45) is 3.65. The number of hydrogen-bond donors (Lipinski definition) is 2. The highest BCUT2D eigenvalue weighted by molar-refractivity contribution is 5.94. The minimum Gasteiger partial charge on any atom is -0.377 e. The van der Waals surface area contributed by atoms with E-state index < -0.39 is 0 Å². The average molecular weight is 421 g/mol. The molecule has 1 aromatic heterocycles. The monoisotopic (exact) mass is 420 g/mol. The Labute approximate surface area is 182 Å². The third-order valence-electron chi connectivity index (χ3n) is 6.02. The van der Waals surface area contributed by atoms with Gasteiger partial charge in [0, 0.05) is 48.9 Å². The van der Waals surface area contributed by atoms with E-state index in [9.17, 15) is 9.18 Å². The Morgan fingerprint density at radius 3 is 2.45 bits per heavy atom. The van der Waals surface area contributed by atoms with Gasteiger partial charge in [-0.3, -0.25) is 4.79 Å². The Morgan fingerprint density at radius 1 is 1.03 bits per heavy atom. The number of aryl methyl sites for hydroxylation is 1. The molecule has 2 N–H and O–H groups in total. The molecule has 0 spiro atoms. The Kier molecular flexibility index (Phi) is 6.07. The van der Waals surface area contributed by atoms with Crippen LogP contribution in [-0.4, -0.2) is 37.1 Å². The molecule has 2 aromatic carbocycles. The van der Waals surface area contributed by atoms with E-state index in [4.69, 9.17) is 4.98 Å². The minimum absolute atomic E-state index is 0.108. The molecule has 1 heterocycles. The van der Waals surface area contributed by atoms with Crippen LogP contribution in [0.2, 0.25) is 0 Å². The topological polar surface area (TPSA) is 57.3 Å². The van der Waals surface area contributed by atoms with Gasteiger partial charge in [0.05, 0.1) is 5.52 Å². The quantitative estimate of drug-likeness (QED) is 0.616. The van der Waals surface area contributed by atoms with Crippen molar-refractivity contribution in [2.75, 3.05) is 24.3 Å². The highest BCUT2D eigenvalue weighted by Crippen LogP contribution is 2.29. The summed E-state index contributed by atoms with van der Waals surface area (Å²) < 4.78 is 13.8. The zero-order valence-corrected chi connectivity index (χ0v) is 18.3. The molecular formula is C25H29FN4O. The molecule has 0 atom stereocenters. The maximum absolute atomic E-state index is 13.8. The Hall–Kier alpha value is -3.15. The number of amides is 1. The second kappa shape index (κ2) is 8.92. The largest absolute Gasteiger partial charge is 0.377 e. The number of para-hydroxylation sites is 1. The van der Waals surface area contributed by atoms with E-state index in [2.05, 4.69) is 27.7 Å². The van der Waals surface area contributed by atoms with Crippen molar-refractivity contribution in [2.45, 2.75) is 44.7 Å². The van der Waals surface area contributed by atoms with E-state index >= 15 is 0 Å². The van der Waals surface area contributed by atoms with E-state index in [1.54, 1.807) is 19.1 Å². The first-order chi connectivity index (χ1) is 14.9. The van der Waals surface area contributed by atoms with E-state index in [1.807, 2.05) is 32.3 Å². The van der Waals surface area contributed by atoms with Gasteiger partial charge in [0.1, 0.15) is 11.6 Å². The van der Waals surface area contributed by atoms with Crippen LogP contribution in [0.3, 0.4) is 0 Å². The summed E-state index contributed by atoms with van der Waals surface area (Å²) in [6, 6.07) is 15.3. The van der Waals surface area contributed by atoms with Gasteiger partial charge in [-0.2, -0.15) is 0 Å². The van der Waals surface area contributed by atoms with Gasteiger partial charge < -0.3 is 15.5 Å². The van der Waals surface area contributed by atoms with Crippen LogP contribution < -0.4 is 15.5 Å². The molecule has 4 rings (SSSR count). The van der Waals surface area contributed by atoms with Gasteiger partial charge in [0.2, 0.25) is 0 Å². The van der Waals surface area contributed by atoms with E-state index in [1.165, 1.54) is 6.07 Å². The van der Waals surface area contributed by atoms with Crippen LogP contribution >= 0.6 is 0 Å². The molecule has 6 heteroatoms. The van der Waals surface area contributed by atoms with Crippen molar-refractivity contribution in [3.8, 4) is 0 Å².